The molecule has 0 aliphatic rings. The molecule has 0 bridgehead atoms. The molecule has 0 radical (unpaired) electrons. The Labute approximate surface area is 179 Å². The molecule has 0 heterocycles. The van der Waals surface area contributed by atoms with Crippen molar-refractivity contribution in [1.29, 1.82) is 0 Å². The maximum absolute atomic E-state index is 12.0. The molecule has 0 spiro atoms. The Bertz CT molecular complexity index is 831. The molecular weight excluding hydrogens is 380 g/mol. The van der Waals surface area contributed by atoms with Crippen LogP contribution in [-0.2, 0) is 22.5 Å². The number of amides is 2. The second-order valence-corrected chi connectivity index (χ2v) is 8.42. The molecule has 0 aliphatic heterocycles. The molecule has 2 atom stereocenters. The zero-order chi connectivity index (χ0) is 22.1. The molecule has 30 heavy (non-hydrogen) atoms. The molecule has 0 aliphatic carbocycles. The van der Waals surface area contributed by atoms with Gasteiger partial charge in [0, 0.05) is 6.04 Å². The Morgan fingerprint density at radius 3 is 2.23 bits per heavy atom. The Kier molecular flexibility index (Phi) is 8.27. The van der Waals surface area contributed by atoms with Crippen LogP contribution in [0.3, 0.4) is 0 Å². The normalized spacial score (nSPS) is 13.1. The Hall–Kier alpha value is -3.02. The van der Waals surface area contributed by atoms with Crippen molar-refractivity contribution in [2.75, 3.05) is 0 Å². The number of ether oxygens (including phenoxy) is 2. The van der Waals surface area contributed by atoms with Crippen LogP contribution in [0.4, 0.5) is 9.59 Å². The predicted octanol–water partition coefficient (Wildman–Crippen LogP) is 5.13. The smallest absolute Gasteiger partial charge is 0.408 e. The molecule has 0 unspecified atom stereocenters. The van der Waals surface area contributed by atoms with E-state index in [1.54, 1.807) is 0 Å². The molecule has 2 aromatic rings. The summed E-state index contributed by atoms with van der Waals surface area (Å²) in [6, 6.07) is 17.2. The molecule has 6 nitrogen and oxygen atoms in total. The van der Waals surface area contributed by atoms with Gasteiger partial charge in [-0.25, -0.2) is 9.59 Å². The van der Waals surface area contributed by atoms with Gasteiger partial charge < -0.3 is 20.1 Å². The van der Waals surface area contributed by atoms with Gasteiger partial charge in [0.25, 0.3) is 0 Å². The topological polar surface area (TPSA) is 76.7 Å². The minimum atomic E-state index is -0.540. The summed E-state index contributed by atoms with van der Waals surface area (Å²) in [5, 5.41) is 5.70. The van der Waals surface area contributed by atoms with E-state index >= 15 is 0 Å². The van der Waals surface area contributed by atoms with Gasteiger partial charge in [0.05, 0.1) is 6.04 Å². The summed E-state index contributed by atoms with van der Waals surface area (Å²) in [7, 11) is 0. The maximum atomic E-state index is 12.0. The van der Waals surface area contributed by atoms with Gasteiger partial charge in [-0.2, -0.15) is 0 Å². The van der Waals surface area contributed by atoms with Gasteiger partial charge in [-0.3, -0.25) is 0 Å². The third kappa shape index (κ3) is 8.55. The fourth-order valence-electron chi connectivity index (χ4n) is 2.93. The van der Waals surface area contributed by atoms with Crippen molar-refractivity contribution in [2.24, 2.45) is 0 Å². The lowest BCUT2D eigenvalue weighted by molar-refractivity contribution is 0.0507. The molecule has 0 aromatic heterocycles. The molecule has 2 aromatic carbocycles. The lowest BCUT2D eigenvalue weighted by Crippen LogP contribution is -2.35. The second-order valence-electron chi connectivity index (χ2n) is 8.42. The van der Waals surface area contributed by atoms with E-state index in [-0.39, 0.29) is 18.7 Å². The molecule has 2 N–H and O–H groups in total. The first-order chi connectivity index (χ1) is 14.1. The minimum absolute atomic E-state index is 0.0994. The largest absolute Gasteiger partial charge is 0.445 e. The number of carbonyl (C=O) groups excluding carboxylic acids is 2. The maximum Gasteiger partial charge on any atom is 0.408 e. The van der Waals surface area contributed by atoms with Gasteiger partial charge in [0.2, 0.25) is 0 Å². The monoisotopic (exact) mass is 412 g/mol. The average Bonchev–Trinajstić information content (AvgIpc) is 2.65. The standard InChI is InChI=1S/C24H32N2O4/c1-17(25-22(27)29-16-19-10-7-6-8-11-19)14-20-12-9-13-21(15-20)18(2)26-23(28)30-24(3,4)5/h6-13,15,17-18H,14,16H2,1-5H3,(H,25,27)(H,26,28)/t17-,18-/m0/s1. The first-order valence-electron chi connectivity index (χ1n) is 10.2. The molecule has 6 heteroatoms. The van der Waals surface area contributed by atoms with Crippen LogP contribution >= 0.6 is 0 Å². The summed E-state index contributed by atoms with van der Waals surface area (Å²) in [5.74, 6) is 0. The fourth-order valence-corrected chi connectivity index (χ4v) is 2.93. The van der Waals surface area contributed by atoms with Crippen molar-refractivity contribution in [3.05, 3.63) is 71.3 Å². The average molecular weight is 413 g/mol. The van der Waals surface area contributed by atoms with Gasteiger partial charge in [0.1, 0.15) is 12.2 Å². The van der Waals surface area contributed by atoms with Crippen LogP contribution in [0.5, 0.6) is 0 Å². The van der Waals surface area contributed by atoms with Gasteiger partial charge in [0.15, 0.2) is 0 Å². The Balaban J connectivity index is 1.84. The number of hydrogen-bond acceptors (Lipinski definition) is 4. The number of benzene rings is 2. The predicted molar refractivity (Wildman–Crippen MR) is 117 cm³/mol. The zero-order valence-corrected chi connectivity index (χ0v) is 18.4. The van der Waals surface area contributed by atoms with Crippen molar-refractivity contribution in [3.63, 3.8) is 0 Å². The summed E-state index contributed by atoms with van der Waals surface area (Å²) < 4.78 is 10.6. The summed E-state index contributed by atoms with van der Waals surface area (Å²) >= 11 is 0. The highest BCUT2D eigenvalue weighted by Gasteiger charge is 2.18. The van der Waals surface area contributed by atoms with Crippen LogP contribution < -0.4 is 10.6 Å². The van der Waals surface area contributed by atoms with E-state index in [0.717, 1.165) is 16.7 Å². The number of rotatable bonds is 7. The molecule has 0 saturated carbocycles. The number of carbonyl (C=O) groups is 2. The van der Waals surface area contributed by atoms with E-state index in [9.17, 15) is 9.59 Å². The van der Waals surface area contributed by atoms with Crippen LogP contribution in [0, 0.1) is 0 Å². The third-order valence-corrected chi connectivity index (χ3v) is 4.30. The molecule has 0 saturated heterocycles. The quantitative estimate of drug-likeness (QED) is 0.661. The second kappa shape index (κ2) is 10.7. The van der Waals surface area contributed by atoms with Crippen molar-refractivity contribution < 1.29 is 19.1 Å². The van der Waals surface area contributed by atoms with E-state index in [1.807, 2.05) is 89.2 Å². The SMILES string of the molecule is C[C@H](NC(=O)OC(C)(C)C)c1cccc(C[C@H](C)NC(=O)OCc2ccccc2)c1. The highest BCUT2D eigenvalue weighted by atomic mass is 16.6. The Morgan fingerprint density at radius 1 is 0.900 bits per heavy atom. The Morgan fingerprint density at radius 2 is 1.57 bits per heavy atom. The van der Waals surface area contributed by atoms with E-state index in [1.165, 1.54) is 0 Å². The highest BCUT2D eigenvalue weighted by Crippen LogP contribution is 2.17. The van der Waals surface area contributed by atoms with Crippen molar-refractivity contribution in [1.82, 2.24) is 10.6 Å². The first kappa shape index (κ1) is 23.3. The number of nitrogens with one attached hydrogen (secondary N) is 2. The molecule has 162 valence electrons. The molecule has 2 rings (SSSR count). The van der Waals surface area contributed by atoms with Crippen LogP contribution in [0.25, 0.3) is 0 Å². The minimum Gasteiger partial charge on any atom is -0.445 e. The lowest BCUT2D eigenvalue weighted by atomic mass is 10.0. The van der Waals surface area contributed by atoms with E-state index in [0.29, 0.717) is 6.42 Å². The van der Waals surface area contributed by atoms with Crippen molar-refractivity contribution >= 4 is 12.2 Å². The third-order valence-electron chi connectivity index (χ3n) is 4.30. The van der Waals surface area contributed by atoms with Gasteiger partial charge in [-0.05, 0) is 57.7 Å². The lowest BCUT2D eigenvalue weighted by Gasteiger charge is -2.22. The molecular formula is C24H32N2O4. The van der Waals surface area contributed by atoms with E-state index in [2.05, 4.69) is 10.6 Å². The van der Waals surface area contributed by atoms with Crippen molar-refractivity contribution in [3.8, 4) is 0 Å². The molecule has 0 fully saturated rings. The van der Waals surface area contributed by atoms with Crippen LogP contribution in [0.15, 0.2) is 54.6 Å². The van der Waals surface area contributed by atoms with E-state index in [4.69, 9.17) is 9.47 Å². The highest BCUT2D eigenvalue weighted by molar-refractivity contribution is 5.68. The number of hydrogen-bond donors (Lipinski definition) is 2. The van der Waals surface area contributed by atoms with E-state index < -0.39 is 17.8 Å². The summed E-state index contributed by atoms with van der Waals surface area (Å²) in [6.07, 6.45) is -0.243. The molecule has 2 amide bonds. The van der Waals surface area contributed by atoms with Gasteiger partial charge in [-0.15, -0.1) is 0 Å². The summed E-state index contributed by atoms with van der Waals surface area (Å²) in [6.45, 7) is 9.57. The first-order valence-corrected chi connectivity index (χ1v) is 10.2. The van der Waals surface area contributed by atoms with Crippen LogP contribution in [-0.4, -0.2) is 23.8 Å². The van der Waals surface area contributed by atoms with Crippen molar-refractivity contribution in [2.45, 2.75) is 65.3 Å². The fraction of sp³-hybridized carbons (Fsp3) is 0.417. The van der Waals surface area contributed by atoms with Gasteiger partial charge >= 0.3 is 12.2 Å². The summed E-state index contributed by atoms with van der Waals surface area (Å²) in [5.41, 5.74) is 2.43. The van der Waals surface area contributed by atoms with Gasteiger partial charge in [-0.1, -0.05) is 54.6 Å². The van der Waals surface area contributed by atoms with Crippen LogP contribution in [0.1, 0.15) is 57.4 Å². The zero-order valence-electron chi connectivity index (χ0n) is 18.4. The summed E-state index contributed by atoms with van der Waals surface area (Å²) in [4.78, 5) is 24.0. The van der Waals surface area contributed by atoms with Crippen LogP contribution in [0.2, 0.25) is 0 Å². The number of alkyl carbamates (subject to hydrolysis) is 2.